The molecule has 0 fully saturated rings. The van der Waals surface area contributed by atoms with Crippen molar-refractivity contribution in [2.45, 2.75) is 26.7 Å². The Labute approximate surface area is 214 Å². The van der Waals surface area contributed by atoms with Gasteiger partial charge in [0.1, 0.15) is 23.0 Å². The molecule has 0 aliphatic heterocycles. The molecule has 1 amide bonds. The third kappa shape index (κ3) is 4.90. The van der Waals surface area contributed by atoms with Gasteiger partial charge in [-0.15, -0.1) is 11.3 Å². The number of carbonyl (C=O) groups is 1. The Balaban J connectivity index is 1.44. The first kappa shape index (κ1) is 24.4. The Morgan fingerprint density at radius 3 is 2.76 bits per heavy atom. The Morgan fingerprint density at radius 1 is 1.14 bits per heavy atom. The summed E-state index contributed by atoms with van der Waals surface area (Å²) in [5.74, 6) is -1.48. The predicted molar refractivity (Wildman–Crippen MR) is 136 cm³/mol. The first-order chi connectivity index (χ1) is 17.8. The molecule has 1 aromatic carbocycles. The summed E-state index contributed by atoms with van der Waals surface area (Å²) in [5.41, 5.74) is 2.40. The summed E-state index contributed by atoms with van der Waals surface area (Å²) in [6.07, 6.45) is 2.29. The Bertz CT molecular complexity index is 1680. The van der Waals surface area contributed by atoms with E-state index < -0.39 is 11.6 Å². The number of hydrogen-bond acceptors (Lipinski definition) is 6. The van der Waals surface area contributed by atoms with Crippen LogP contribution in [-0.2, 0) is 17.6 Å². The minimum Gasteiger partial charge on any atom is -0.355 e. The monoisotopic (exact) mass is 520 g/mol. The quantitative estimate of drug-likeness (QED) is 0.352. The van der Waals surface area contributed by atoms with Gasteiger partial charge in [0.05, 0.1) is 17.7 Å². The van der Waals surface area contributed by atoms with Crippen LogP contribution in [0, 0.1) is 25.5 Å². The van der Waals surface area contributed by atoms with Gasteiger partial charge >= 0.3 is 0 Å². The molecule has 0 aliphatic carbocycles. The van der Waals surface area contributed by atoms with Crippen molar-refractivity contribution in [3.8, 4) is 16.9 Å². The molecule has 0 radical (unpaired) electrons. The Kier molecular flexibility index (Phi) is 6.62. The number of aromatic nitrogens is 5. The Morgan fingerprint density at radius 2 is 1.97 bits per heavy atom. The van der Waals surface area contributed by atoms with Crippen molar-refractivity contribution in [1.82, 2.24) is 29.5 Å². The highest BCUT2D eigenvalue weighted by atomic mass is 32.1. The van der Waals surface area contributed by atoms with Crippen molar-refractivity contribution in [1.29, 1.82) is 0 Å². The van der Waals surface area contributed by atoms with Gasteiger partial charge in [-0.3, -0.25) is 19.0 Å². The SMILES string of the molecule is Cc1nc2scc(CC(=O)NCCc3ccccn3)n2c(=O)c1-c1cc(C)n(-c2cc(F)ccc2F)n1. The second-order valence-electron chi connectivity index (χ2n) is 8.50. The Hall–Kier alpha value is -4.25. The first-order valence-electron chi connectivity index (χ1n) is 11.5. The molecule has 0 bridgehead atoms. The van der Waals surface area contributed by atoms with E-state index >= 15 is 0 Å². The molecule has 188 valence electrons. The highest BCUT2D eigenvalue weighted by molar-refractivity contribution is 7.15. The minimum atomic E-state index is -0.643. The molecule has 0 spiro atoms. The van der Waals surface area contributed by atoms with Crippen molar-refractivity contribution in [3.05, 3.63) is 98.8 Å². The van der Waals surface area contributed by atoms with Gasteiger partial charge in [-0.2, -0.15) is 5.10 Å². The molecule has 4 heterocycles. The number of benzene rings is 1. The summed E-state index contributed by atoms with van der Waals surface area (Å²) >= 11 is 1.26. The maximum absolute atomic E-state index is 14.4. The zero-order chi connectivity index (χ0) is 26.1. The minimum absolute atomic E-state index is 0.00568. The van der Waals surface area contributed by atoms with Gasteiger partial charge in [-0.05, 0) is 44.2 Å². The fraction of sp³-hybridized carbons (Fsp3) is 0.192. The van der Waals surface area contributed by atoms with Crippen LogP contribution in [0.2, 0.25) is 0 Å². The maximum Gasteiger partial charge on any atom is 0.268 e. The molecule has 0 atom stereocenters. The lowest BCUT2D eigenvalue weighted by atomic mass is 10.1. The summed E-state index contributed by atoms with van der Waals surface area (Å²) in [4.78, 5) is 35.4. The van der Waals surface area contributed by atoms with Gasteiger partial charge in [0, 0.05) is 47.7 Å². The number of thiazole rings is 1. The molecular formula is C26H22F2N6O2S. The number of amides is 1. The van der Waals surface area contributed by atoms with Gasteiger partial charge in [0.15, 0.2) is 4.96 Å². The number of pyridine rings is 1. The van der Waals surface area contributed by atoms with Crippen molar-refractivity contribution in [3.63, 3.8) is 0 Å². The average Bonchev–Trinajstić information content (AvgIpc) is 3.44. The van der Waals surface area contributed by atoms with E-state index in [9.17, 15) is 18.4 Å². The highest BCUT2D eigenvalue weighted by Gasteiger charge is 2.21. The molecule has 8 nitrogen and oxygen atoms in total. The summed E-state index contributed by atoms with van der Waals surface area (Å²) < 4.78 is 30.8. The fourth-order valence-electron chi connectivity index (χ4n) is 4.12. The second kappa shape index (κ2) is 10.0. The molecule has 4 aromatic heterocycles. The van der Waals surface area contributed by atoms with E-state index in [1.165, 1.54) is 20.4 Å². The van der Waals surface area contributed by atoms with E-state index in [1.807, 2.05) is 18.2 Å². The van der Waals surface area contributed by atoms with Gasteiger partial charge in [0.25, 0.3) is 5.56 Å². The molecule has 0 saturated heterocycles. The van der Waals surface area contributed by atoms with E-state index in [0.717, 1.165) is 23.9 Å². The molecule has 0 aliphatic rings. The zero-order valence-corrected chi connectivity index (χ0v) is 20.9. The van der Waals surface area contributed by atoms with Crippen molar-refractivity contribution < 1.29 is 13.6 Å². The third-order valence-electron chi connectivity index (χ3n) is 5.87. The lowest BCUT2D eigenvalue weighted by Crippen LogP contribution is -2.29. The first-order valence-corrected chi connectivity index (χ1v) is 12.4. The van der Waals surface area contributed by atoms with Crippen LogP contribution in [0.4, 0.5) is 8.78 Å². The van der Waals surface area contributed by atoms with Gasteiger partial charge in [-0.25, -0.2) is 18.4 Å². The van der Waals surface area contributed by atoms with E-state index in [4.69, 9.17) is 0 Å². The molecule has 11 heteroatoms. The molecule has 0 unspecified atom stereocenters. The molecular weight excluding hydrogens is 498 g/mol. The smallest absolute Gasteiger partial charge is 0.268 e. The van der Waals surface area contributed by atoms with E-state index in [2.05, 4.69) is 20.4 Å². The van der Waals surface area contributed by atoms with Crippen LogP contribution in [-0.4, -0.2) is 36.6 Å². The van der Waals surface area contributed by atoms with Gasteiger partial charge < -0.3 is 5.32 Å². The van der Waals surface area contributed by atoms with E-state index in [1.54, 1.807) is 31.5 Å². The molecule has 0 saturated carbocycles. The number of rotatable bonds is 7. The van der Waals surface area contributed by atoms with Crippen LogP contribution >= 0.6 is 11.3 Å². The number of nitrogens with one attached hydrogen (secondary N) is 1. The van der Waals surface area contributed by atoms with Crippen molar-refractivity contribution in [2.24, 2.45) is 0 Å². The normalized spacial score (nSPS) is 11.2. The average molecular weight is 521 g/mol. The number of carbonyl (C=O) groups excluding carboxylic acids is 1. The maximum atomic E-state index is 14.4. The lowest BCUT2D eigenvalue weighted by molar-refractivity contribution is -0.120. The van der Waals surface area contributed by atoms with Crippen LogP contribution in [0.25, 0.3) is 21.9 Å². The number of aryl methyl sites for hydroxylation is 2. The van der Waals surface area contributed by atoms with Crippen molar-refractivity contribution in [2.75, 3.05) is 6.54 Å². The summed E-state index contributed by atoms with van der Waals surface area (Å²) in [5, 5.41) is 8.99. The standard InChI is InChI=1S/C26H22F2N6O2S/c1-15-11-21(32-34(15)22-12-17(27)6-7-20(22)28)24-16(2)31-26-33(25(24)36)19(14-37-26)13-23(35)30-10-8-18-5-3-4-9-29-18/h3-7,9,11-12,14H,8,10,13H2,1-2H3,(H,30,35). The van der Waals surface area contributed by atoms with Crippen LogP contribution in [0.5, 0.6) is 0 Å². The second-order valence-corrected chi connectivity index (χ2v) is 9.34. The molecule has 37 heavy (non-hydrogen) atoms. The van der Waals surface area contributed by atoms with E-state index in [-0.39, 0.29) is 34.8 Å². The lowest BCUT2D eigenvalue weighted by Gasteiger charge is -2.07. The number of fused-ring (bicyclic) bond motifs is 1. The van der Waals surface area contributed by atoms with Crippen LogP contribution < -0.4 is 10.9 Å². The largest absolute Gasteiger partial charge is 0.355 e. The molecule has 1 N–H and O–H groups in total. The molecule has 5 aromatic rings. The fourth-order valence-corrected chi connectivity index (χ4v) is 5.04. The summed E-state index contributed by atoms with van der Waals surface area (Å²) in [7, 11) is 0. The number of hydrogen-bond donors (Lipinski definition) is 1. The van der Waals surface area contributed by atoms with Crippen LogP contribution in [0.1, 0.15) is 22.8 Å². The topological polar surface area (TPSA) is 94.2 Å². The van der Waals surface area contributed by atoms with Gasteiger partial charge in [0.2, 0.25) is 5.91 Å². The number of halogens is 2. The summed E-state index contributed by atoms with van der Waals surface area (Å²) in [6, 6.07) is 10.3. The van der Waals surface area contributed by atoms with Gasteiger partial charge in [-0.1, -0.05) is 6.07 Å². The van der Waals surface area contributed by atoms with Crippen LogP contribution in [0.3, 0.4) is 0 Å². The highest BCUT2D eigenvalue weighted by Crippen LogP contribution is 2.24. The van der Waals surface area contributed by atoms with E-state index in [0.29, 0.717) is 35.0 Å². The zero-order valence-electron chi connectivity index (χ0n) is 20.0. The van der Waals surface area contributed by atoms with Crippen LogP contribution in [0.15, 0.2) is 58.8 Å². The summed E-state index contributed by atoms with van der Waals surface area (Å²) in [6.45, 7) is 3.80. The number of nitrogens with zero attached hydrogens (tertiary/aromatic N) is 5. The predicted octanol–water partition coefficient (Wildman–Crippen LogP) is 3.80. The molecule has 5 rings (SSSR count). The van der Waals surface area contributed by atoms with Crippen molar-refractivity contribution >= 4 is 22.2 Å². The third-order valence-corrected chi connectivity index (χ3v) is 6.75.